The molecule has 5 atom stereocenters. The Morgan fingerprint density at radius 3 is 2.42 bits per heavy atom. The molecule has 3 aliphatic rings. The minimum absolute atomic E-state index is 0.469. The zero-order valence-electron chi connectivity index (χ0n) is 15.6. The number of aliphatic hydroxyl groups excluding tert-OH is 2. The lowest BCUT2D eigenvalue weighted by atomic mass is 9.61. The number of hydrogen-bond donors (Lipinski definition) is 2. The molecule has 0 saturated heterocycles. The van der Waals surface area contributed by atoms with Gasteiger partial charge in [0.05, 0.1) is 12.2 Å². The summed E-state index contributed by atoms with van der Waals surface area (Å²) in [7, 11) is 0. The molecule has 0 radical (unpaired) electrons. The van der Waals surface area contributed by atoms with E-state index in [1.54, 1.807) is 5.57 Å². The van der Waals surface area contributed by atoms with Gasteiger partial charge in [-0.1, -0.05) is 50.6 Å². The topological polar surface area (TPSA) is 40.5 Å². The van der Waals surface area contributed by atoms with E-state index >= 15 is 0 Å². The average molecular weight is 331 g/mol. The van der Waals surface area contributed by atoms with E-state index in [0.717, 1.165) is 23.3 Å². The highest BCUT2D eigenvalue weighted by Gasteiger charge is 2.49. The maximum atomic E-state index is 10.0. The zero-order valence-corrected chi connectivity index (χ0v) is 15.6. The molecule has 2 heteroatoms. The first-order valence-electron chi connectivity index (χ1n) is 9.76. The molecule has 24 heavy (non-hydrogen) atoms. The number of fused-ring (bicyclic) bond motifs is 1. The van der Waals surface area contributed by atoms with Crippen molar-refractivity contribution >= 4 is 0 Å². The van der Waals surface area contributed by atoms with E-state index in [4.69, 9.17) is 0 Å². The second-order valence-electron chi connectivity index (χ2n) is 8.92. The molecule has 0 spiro atoms. The molecule has 0 aromatic carbocycles. The van der Waals surface area contributed by atoms with Gasteiger partial charge >= 0.3 is 0 Å². The Labute approximate surface area is 147 Å². The van der Waals surface area contributed by atoms with Crippen LogP contribution in [0.3, 0.4) is 0 Å². The second kappa shape index (κ2) is 6.80. The third-order valence-corrected chi connectivity index (χ3v) is 7.14. The summed E-state index contributed by atoms with van der Waals surface area (Å²) in [5.74, 6) is 2.34. The molecule has 3 aliphatic carbocycles. The fourth-order valence-corrected chi connectivity index (χ4v) is 5.80. The van der Waals surface area contributed by atoms with Gasteiger partial charge in [-0.25, -0.2) is 0 Å². The molecule has 2 nitrogen and oxygen atoms in total. The number of allylic oxidation sites excluding steroid dienone is 3. The Morgan fingerprint density at radius 1 is 1.12 bits per heavy atom. The third kappa shape index (κ3) is 3.15. The smallest absolute Gasteiger partial charge is 0.0809 e. The van der Waals surface area contributed by atoms with Crippen molar-refractivity contribution in [2.75, 3.05) is 0 Å². The monoisotopic (exact) mass is 330 g/mol. The van der Waals surface area contributed by atoms with Crippen molar-refractivity contribution in [3.05, 3.63) is 35.5 Å². The molecular formula is C22H34O2. The van der Waals surface area contributed by atoms with Crippen LogP contribution < -0.4 is 0 Å². The molecule has 3 saturated carbocycles. The Balaban J connectivity index is 1.78. The predicted octanol–water partition coefficient (Wildman–Crippen LogP) is 4.78. The summed E-state index contributed by atoms with van der Waals surface area (Å²) in [5.41, 5.74) is 3.80. The van der Waals surface area contributed by atoms with E-state index in [9.17, 15) is 10.2 Å². The van der Waals surface area contributed by atoms with E-state index in [0.29, 0.717) is 23.8 Å². The largest absolute Gasteiger partial charge is 0.388 e. The van der Waals surface area contributed by atoms with E-state index in [1.807, 2.05) is 0 Å². The van der Waals surface area contributed by atoms with Crippen molar-refractivity contribution < 1.29 is 10.2 Å². The van der Waals surface area contributed by atoms with Crippen molar-refractivity contribution in [3.8, 4) is 0 Å². The minimum Gasteiger partial charge on any atom is -0.388 e. The summed E-state index contributed by atoms with van der Waals surface area (Å²) < 4.78 is 0. The lowest BCUT2D eigenvalue weighted by Crippen LogP contribution is -2.35. The van der Waals surface area contributed by atoms with Crippen LogP contribution in [0.1, 0.15) is 65.7 Å². The zero-order chi connectivity index (χ0) is 17.5. The first-order chi connectivity index (χ1) is 11.3. The summed E-state index contributed by atoms with van der Waals surface area (Å²) in [6.45, 7) is 11.1. The average Bonchev–Trinajstić information content (AvgIpc) is 2.88. The molecule has 3 fully saturated rings. The number of hydrogen-bond acceptors (Lipinski definition) is 2. The molecule has 3 rings (SSSR count). The van der Waals surface area contributed by atoms with Crippen LogP contribution >= 0.6 is 0 Å². The summed E-state index contributed by atoms with van der Waals surface area (Å²) in [6.07, 6.45) is 11.1. The number of aliphatic hydroxyl groups is 2. The normalized spacial score (nSPS) is 41.8. The van der Waals surface area contributed by atoms with Gasteiger partial charge in [0.25, 0.3) is 0 Å². The Morgan fingerprint density at radius 2 is 1.79 bits per heavy atom. The van der Waals surface area contributed by atoms with Crippen LogP contribution in [0.15, 0.2) is 35.5 Å². The van der Waals surface area contributed by atoms with E-state index in [2.05, 4.69) is 39.5 Å². The summed E-state index contributed by atoms with van der Waals surface area (Å²) in [5, 5.41) is 20.0. The van der Waals surface area contributed by atoms with Gasteiger partial charge in [-0.2, -0.15) is 0 Å². The summed E-state index contributed by atoms with van der Waals surface area (Å²) in [6, 6.07) is 0. The van der Waals surface area contributed by atoms with Crippen molar-refractivity contribution in [1.29, 1.82) is 0 Å². The molecule has 0 aliphatic heterocycles. The van der Waals surface area contributed by atoms with Gasteiger partial charge in [0.15, 0.2) is 0 Å². The minimum atomic E-state index is -0.591. The quantitative estimate of drug-likeness (QED) is 0.715. The molecule has 0 amide bonds. The number of rotatable bonds is 2. The van der Waals surface area contributed by atoms with Gasteiger partial charge in [-0.3, -0.25) is 0 Å². The van der Waals surface area contributed by atoms with Gasteiger partial charge < -0.3 is 10.2 Å². The van der Waals surface area contributed by atoms with Crippen molar-refractivity contribution in [1.82, 2.24) is 0 Å². The lowest BCUT2D eigenvalue weighted by molar-refractivity contribution is 0.104. The van der Waals surface area contributed by atoms with Gasteiger partial charge in [-0.15, -0.1) is 0 Å². The lowest BCUT2D eigenvalue weighted by Gasteiger charge is -2.43. The summed E-state index contributed by atoms with van der Waals surface area (Å²) in [4.78, 5) is 0. The van der Waals surface area contributed by atoms with Crippen LogP contribution in [-0.4, -0.2) is 22.4 Å². The predicted molar refractivity (Wildman–Crippen MR) is 99.6 cm³/mol. The van der Waals surface area contributed by atoms with Crippen LogP contribution in [-0.2, 0) is 0 Å². The van der Waals surface area contributed by atoms with E-state index < -0.39 is 12.2 Å². The van der Waals surface area contributed by atoms with Gasteiger partial charge in [0.1, 0.15) is 0 Å². The Bertz CT molecular complexity index is 540. The fraction of sp³-hybridized carbons (Fsp3) is 0.727. The van der Waals surface area contributed by atoms with Crippen molar-refractivity contribution in [2.45, 2.75) is 77.9 Å². The van der Waals surface area contributed by atoms with Crippen LogP contribution in [0.5, 0.6) is 0 Å². The van der Waals surface area contributed by atoms with Crippen molar-refractivity contribution in [3.63, 3.8) is 0 Å². The summed E-state index contributed by atoms with van der Waals surface area (Å²) >= 11 is 0. The third-order valence-electron chi connectivity index (χ3n) is 7.14. The first-order valence-corrected chi connectivity index (χ1v) is 9.76. The molecule has 0 unspecified atom stereocenters. The highest BCUT2D eigenvalue weighted by molar-refractivity contribution is 5.29. The SMILES string of the molecule is C=C1[C@H](O)CC(=CC=C2CCC[C@]3(C)[C@@H](C(C)C)CC[C@@H]23)C[C@H]1O. The maximum absolute atomic E-state index is 10.0. The van der Waals surface area contributed by atoms with Crippen LogP contribution in [0.4, 0.5) is 0 Å². The van der Waals surface area contributed by atoms with Gasteiger partial charge in [-0.05, 0) is 73.7 Å². The maximum Gasteiger partial charge on any atom is 0.0809 e. The van der Waals surface area contributed by atoms with Crippen LogP contribution in [0, 0.1) is 23.2 Å². The van der Waals surface area contributed by atoms with Gasteiger partial charge in [0.2, 0.25) is 0 Å². The van der Waals surface area contributed by atoms with E-state index in [-0.39, 0.29) is 0 Å². The molecular weight excluding hydrogens is 296 g/mol. The molecule has 134 valence electrons. The molecule has 2 N–H and O–H groups in total. The fourth-order valence-electron chi connectivity index (χ4n) is 5.80. The van der Waals surface area contributed by atoms with Crippen LogP contribution in [0.2, 0.25) is 0 Å². The highest BCUT2D eigenvalue weighted by atomic mass is 16.3. The molecule has 0 aromatic rings. The van der Waals surface area contributed by atoms with Crippen LogP contribution in [0.25, 0.3) is 0 Å². The molecule has 0 bridgehead atoms. The van der Waals surface area contributed by atoms with E-state index in [1.165, 1.54) is 32.1 Å². The van der Waals surface area contributed by atoms with Gasteiger partial charge in [0, 0.05) is 0 Å². The molecule has 0 aromatic heterocycles. The standard InChI is InChI=1S/C22H34O2/c1-14(2)18-9-10-19-17(6-5-11-22(18,19)4)8-7-16-12-20(23)15(3)21(24)13-16/h7-8,14,18-21,23-24H,3,5-6,9-13H2,1-2,4H3/t18-,19+,20-,21-,22-/m1/s1. The Kier molecular flexibility index (Phi) is 5.09. The van der Waals surface area contributed by atoms with Crippen molar-refractivity contribution in [2.24, 2.45) is 23.2 Å². The Hall–Kier alpha value is -0.860. The first kappa shape index (κ1) is 17.9. The molecule has 0 heterocycles. The second-order valence-corrected chi connectivity index (χ2v) is 8.92. The highest BCUT2D eigenvalue weighted by Crippen LogP contribution is 2.59.